The monoisotopic (exact) mass is 387 g/mol. The number of rotatable bonds is 6. The molecule has 0 aliphatic rings. The van der Waals surface area contributed by atoms with Gasteiger partial charge in [0, 0.05) is 19.7 Å². The molecule has 0 radical (unpaired) electrons. The van der Waals surface area contributed by atoms with Gasteiger partial charge in [0.15, 0.2) is 6.61 Å². The van der Waals surface area contributed by atoms with E-state index in [2.05, 4.69) is 10.1 Å². The summed E-state index contributed by atoms with van der Waals surface area (Å²) < 4.78 is 35.4. The third kappa shape index (κ3) is 4.21. The van der Waals surface area contributed by atoms with Gasteiger partial charge >= 0.3 is 5.97 Å². The fourth-order valence-electron chi connectivity index (χ4n) is 2.20. The first-order valence-corrected chi connectivity index (χ1v) is 9.39. The van der Waals surface area contributed by atoms with Crippen molar-refractivity contribution in [2.45, 2.75) is 11.5 Å². The van der Waals surface area contributed by atoms with Gasteiger partial charge in [-0.05, 0) is 24.3 Å². The van der Waals surface area contributed by atoms with E-state index in [1.165, 1.54) is 38.4 Å². The minimum absolute atomic E-state index is 0.0912. The molecule has 0 atom stereocenters. The summed E-state index contributed by atoms with van der Waals surface area (Å²) in [6, 6.07) is 14.7. The minimum Gasteiger partial charge on any atom is -0.452 e. The van der Waals surface area contributed by atoms with Gasteiger partial charge in [0.25, 0.3) is 5.89 Å². The molecule has 1 heterocycles. The molecule has 0 unspecified atom stereocenters. The van der Waals surface area contributed by atoms with E-state index in [1.807, 2.05) is 30.3 Å². The molecule has 140 valence electrons. The molecule has 0 saturated carbocycles. The minimum atomic E-state index is -3.55. The molecule has 0 bridgehead atoms. The predicted molar refractivity (Wildman–Crippen MR) is 96.2 cm³/mol. The molecule has 0 spiro atoms. The Morgan fingerprint density at radius 2 is 1.74 bits per heavy atom. The molecule has 3 rings (SSSR count). The summed E-state index contributed by atoms with van der Waals surface area (Å²) in [5.74, 6) is -0.0582. The number of carbonyl (C=O) groups is 1. The molecule has 3 aromatic rings. The molecule has 0 N–H and O–H groups in total. The predicted octanol–water partition coefficient (Wildman–Crippen LogP) is 2.34. The highest BCUT2D eigenvalue weighted by molar-refractivity contribution is 7.89. The second kappa shape index (κ2) is 7.68. The van der Waals surface area contributed by atoms with E-state index in [1.54, 1.807) is 0 Å². The van der Waals surface area contributed by atoms with Crippen LogP contribution in [0.15, 0.2) is 64.0 Å². The average Bonchev–Trinajstić information content (AvgIpc) is 3.16. The third-order valence-corrected chi connectivity index (χ3v) is 5.52. The normalized spacial score (nSPS) is 11.5. The fourth-order valence-corrected chi connectivity index (χ4v) is 3.10. The molecule has 1 aromatic heterocycles. The van der Waals surface area contributed by atoms with Gasteiger partial charge in [-0.1, -0.05) is 35.5 Å². The lowest BCUT2D eigenvalue weighted by Gasteiger charge is -2.11. The number of aromatic nitrogens is 2. The van der Waals surface area contributed by atoms with E-state index in [-0.39, 0.29) is 23.0 Å². The summed E-state index contributed by atoms with van der Waals surface area (Å²) in [5.41, 5.74) is 1.01. The van der Waals surface area contributed by atoms with E-state index in [0.717, 1.165) is 9.87 Å². The Bertz CT molecular complexity index is 1030. The van der Waals surface area contributed by atoms with Crippen LogP contribution in [0.4, 0.5) is 0 Å². The molecule has 8 nitrogen and oxygen atoms in total. The van der Waals surface area contributed by atoms with Crippen molar-refractivity contribution in [3.05, 3.63) is 66.1 Å². The number of benzene rings is 2. The smallest absolute Gasteiger partial charge is 0.338 e. The summed E-state index contributed by atoms with van der Waals surface area (Å²) in [5, 5.41) is 3.84. The standard InChI is InChI=1S/C18H17N3O5S/c1-21(2)27(23,24)15-10-8-14(9-11-15)18(22)25-12-16-19-17(20-26-16)13-6-4-3-5-7-13/h3-11H,12H2,1-2H3. The van der Waals surface area contributed by atoms with Crippen LogP contribution in [0.3, 0.4) is 0 Å². The van der Waals surface area contributed by atoms with Crippen molar-refractivity contribution in [1.29, 1.82) is 0 Å². The lowest BCUT2D eigenvalue weighted by atomic mass is 10.2. The Morgan fingerprint density at radius 1 is 1.07 bits per heavy atom. The van der Waals surface area contributed by atoms with Crippen molar-refractivity contribution in [2.75, 3.05) is 14.1 Å². The largest absolute Gasteiger partial charge is 0.452 e. The second-order valence-corrected chi connectivity index (χ2v) is 7.92. The Kier molecular flexibility index (Phi) is 5.33. The highest BCUT2D eigenvalue weighted by Crippen LogP contribution is 2.17. The topological polar surface area (TPSA) is 103 Å². The summed E-state index contributed by atoms with van der Waals surface area (Å²) in [6.07, 6.45) is 0. The molecular weight excluding hydrogens is 370 g/mol. The number of esters is 1. The first-order valence-electron chi connectivity index (χ1n) is 7.95. The molecule has 0 aliphatic carbocycles. The Hall–Kier alpha value is -3.04. The van der Waals surface area contributed by atoms with Gasteiger partial charge in [0.1, 0.15) is 0 Å². The maximum atomic E-state index is 12.1. The van der Waals surface area contributed by atoms with Gasteiger partial charge in [-0.2, -0.15) is 4.98 Å². The van der Waals surface area contributed by atoms with Crippen LogP contribution in [0.5, 0.6) is 0 Å². The highest BCUT2D eigenvalue weighted by Gasteiger charge is 2.18. The zero-order valence-corrected chi connectivity index (χ0v) is 15.5. The van der Waals surface area contributed by atoms with E-state index >= 15 is 0 Å². The van der Waals surface area contributed by atoms with Crippen molar-refractivity contribution in [3.8, 4) is 11.4 Å². The molecule has 2 aromatic carbocycles. The van der Waals surface area contributed by atoms with Gasteiger partial charge in [0.2, 0.25) is 15.8 Å². The van der Waals surface area contributed by atoms with Crippen molar-refractivity contribution in [3.63, 3.8) is 0 Å². The van der Waals surface area contributed by atoms with Gasteiger partial charge in [-0.3, -0.25) is 0 Å². The van der Waals surface area contributed by atoms with Crippen molar-refractivity contribution >= 4 is 16.0 Å². The molecule has 27 heavy (non-hydrogen) atoms. The highest BCUT2D eigenvalue weighted by atomic mass is 32.2. The van der Waals surface area contributed by atoms with Crippen LogP contribution in [-0.2, 0) is 21.4 Å². The van der Waals surface area contributed by atoms with Gasteiger partial charge < -0.3 is 9.26 Å². The molecule has 0 amide bonds. The van der Waals surface area contributed by atoms with E-state index in [0.29, 0.717) is 5.82 Å². The second-order valence-electron chi connectivity index (χ2n) is 5.77. The number of sulfonamides is 1. The number of carbonyl (C=O) groups excluding carboxylic acids is 1. The Labute approximate surface area is 156 Å². The molecule has 0 saturated heterocycles. The van der Waals surface area contributed by atoms with Crippen LogP contribution in [0.1, 0.15) is 16.2 Å². The lowest BCUT2D eigenvalue weighted by molar-refractivity contribution is 0.0429. The lowest BCUT2D eigenvalue weighted by Crippen LogP contribution is -2.22. The summed E-state index contributed by atoms with van der Waals surface area (Å²) in [6.45, 7) is -0.184. The maximum absolute atomic E-state index is 12.1. The van der Waals surface area contributed by atoms with Crippen LogP contribution >= 0.6 is 0 Å². The average molecular weight is 387 g/mol. The Morgan fingerprint density at radius 3 is 2.37 bits per heavy atom. The Balaban J connectivity index is 1.64. The number of nitrogens with zero attached hydrogens (tertiary/aromatic N) is 3. The first-order chi connectivity index (χ1) is 12.9. The van der Waals surface area contributed by atoms with Crippen LogP contribution in [-0.4, -0.2) is 42.9 Å². The van der Waals surface area contributed by atoms with E-state index in [4.69, 9.17) is 9.26 Å². The van der Waals surface area contributed by atoms with Gasteiger partial charge in [-0.25, -0.2) is 17.5 Å². The fraction of sp³-hybridized carbons (Fsp3) is 0.167. The van der Waals surface area contributed by atoms with Crippen LogP contribution < -0.4 is 0 Å². The van der Waals surface area contributed by atoms with Crippen molar-refractivity contribution in [2.24, 2.45) is 0 Å². The zero-order valence-electron chi connectivity index (χ0n) is 14.7. The SMILES string of the molecule is CN(C)S(=O)(=O)c1ccc(C(=O)OCc2nc(-c3ccccc3)no2)cc1. The summed E-state index contributed by atoms with van der Waals surface area (Å²) in [4.78, 5) is 16.4. The van der Waals surface area contributed by atoms with Crippen LogP contribution in [0.2, 0.25) is 0 Å². The molecule has 0 aliphatic heterocycles. The molecule has 0 fully saturated rings. The third-order valence-electron chi connectivity index (χ3n) is 3.70. The van der Waals surface area contributed by atoms with Crippen LogP contribution in [0.25, 0.3) is 11.4 Å². The summed E-state index contributed by atoms with van der Waals surface area (Å²) in [7, 11) is -0.678. The van der Waals surface area contributed by atoms with Crippen molar-refractivity contribution < 1.29 is 22.5 Å². The van der Waals surface area contributed by atoms with Crippen LogP contribution in [0, 0.1) is 0 Å². The van der Waals surface area contributed by atoms with Gasteiger partial charge in [0.05, 0.1) is 10.5 Å². The van der Waals surface area contributed by atoms with E-state index in [9.17, 15) is 13.2 Å². The number of hydrogen-bond acceptors (Lipinski definition) is 7. The maximum Gasteiger partial charge on any atom is 0.338 e. The molecule has 9 heteroatoms. The number of hydrogen-bond donors (Lipinski definition) is 0. The zero-order chi connectivity index (χ0) is 19.4. The first kappa shape index (κ1) is 18.7. The molecular formula is C18H17N3O5S. The van der Waals surface area contributed by atoms with Gasteiger partial charge in [-0.15, -0.1) is 0 Å². The summed E-state index contributed by atoms with van der Waals surface area (Å²) >= 11 is 0. The number of ether oxygens (including phenoxy) is 1. The quantitative estimate of drug-likeness (QED) is 0.598. The van der Waals surface area contributed by atoms with E-state index < -0.39 is 16.0 Å². The van der Waals surface area contributed by atoms with Crippen molar-refractivity contribution in [1.82, 2.24) is 14.4 Å².